The molecule has 0 spiro atoms. The van der Waals surface area contributed by atoms with Crippen LogP contribution in [-0.2, 0) is 22.6 Å². The molecule has 1 N–H and O–H groups in total. The molecule has 1 atom stereocenters. The van der Waals surface area contributed by atoms with Crippen LogP contribution in [-0.4, -0.2) is 35.1 Å². The lowest BCUT2D eigenvalue weighted by Crippen LogP contribution is -2.51. The normalized spacial score (nSPS) is 11.7. The summed E-state index contributed by atoms with van der Waals surface area (Å²) in [5.74, 6) is -0.0600. The summed E-state index contributed by atoms with van der Waals surface area (Å²) in [6.45, 7) is 4.84. The summed E-state index contributed by atoms with van der Waals surface area (Å²) in [5, 5.41) is 3.85. The van der Waals surface area contributed by atoms with Gasteiger partial charge in [-0.15, -0.1) is 11.8 Å². The van der Waals surface area contributed by atoms with Crippen molar-refractivity contribution in [1.29, 1.82) is 0 Å². The van der Waals surface area contributed by atoms with E-state index in [0.717, 1.165) is 28.0 Å². The van der Waals surface area contributed by atoms with Crippen molar-refractivity contribution < 1.29 is 9.59 Å². The largest absolute Gasteiger partial charge is 0.354 e. The third-order valence-corrected chi connectivity index (χ3v) is 7.28. The number of carbonyl (C=O) groups is 2. The minimum Gasteiger partial charge on any atom is -0.354 e. The third-order valence-electron chi connectivity index (χ3n) is 5.54. The predicted octanol–water partition coefficient (Wildman–Crippen LogP) is 6.56. The van der Waals surface area contributed by atoms with E-state index >= 15 is 0 Å². The SMILES string of the molecule is CCCNC(=O)[C@@H](Cc1ccccc1)N(Cc1ccc(Cl)c(Cl)c1)C(=O)CSc1ccc(C)cc1. The molecule has 0 aromatic heterocycles. The fourth-order valence-electron chi connectivity index (χ4n) is 3.62. The number of aryl methyl sites for hydroxylation is 1. The molecule has 7 heteroatoms. The van der Waals surface area contributed by atoms with E-state index in [0.29, 0.717) is 23.0 Å². The molecule has 0 aliphatic rings. The fourth-order valence-corrected chi connectivity index (χ4v) is 4.72. The third kappa shape index (κ3) is 8.31. The molecule has 0 heterocycles. The molecule has 2 amide bonds. The van der Waals surface area contributed by atoms with Gasteiger partial charge < -0.3 is 10.2 Å². The lowest BCUT2D eigenvalue weighted by Gasteiger charge is -2.31. The highest BCUT2D eigenvalue weighted by Crippen LogP contribution is 2.25. The second kappa shape index (κ2) is 13.6. The Kier molecular flexibility index (Phi) is 10.5. The zero-order valence-electron chi connectivity index (χ0n) is 20.0. The molecular formula is C28H30Cl2N2O2S. The zero-order chi connectivity index (χ0) is 25.2. The molecule has 3 aromatic rings. The molecule has 0 aliphatic heterocycles. The van der Waals surface area contributed by atoms with Gasteiger partial charge in [-0.05, 0) is 48.7 Å². The van der Waals surface area contributed by atoms with Crippen molar-refractivity contribution in [1.82, 2.24) is 10.2 Å². The van der Waals surface area contributed by atoms with Crippen molar-refractivity contribution in [3.05, 3.63) is 99.5 Å². The van der Waals surface area contributed by atoms with Gasteiger partial charge in [0.2, 0.25) is 11.8 Å². The van der Waals surface area contributed by atoms with Crippen LogP contribution >= 0.6 is 35.0 Å². The van der Waals surface area contributed by atoms with E-state index in [2.05, 4.69) is 5.32 Å². The van der Waals surface area contributed by atoms with Crippen LogP contribution in [0.3, 0.4) is 0 Å². The number of halogens is 2. The molecule has 184 valence electrons. The highest BCUT2D eigenvalue weighted by molar-refractivity contribution is 8.00. The summed E-state index contributed by atoms with van der Waals surface area (Å²) in [6, 6.07) is 22.5. The summed E-state index contributed by atoms with van der Waals surface area (Å²) >= 11 is 13.8. The average Bonchev–Trinajstić information content (AvgIpc) is 2.86. The van der Waals surface area contributed by atoms with Gasteiger partial charge in [0.25, 0.3) is 0 Å². The minimum atomic E-state index is -0.662. The summed E-state index contributed by atoms with van der Waals surface area (Å²) in [5.41, 5.74) is 2.97. The Morgan fingerprint density at radius 1 is 0.943 bits per heavy atom. The van der Waals surface area contributed by atoms with Crippen LogP contribution in [0.5, 0.6) is 0 Å². The van der Waals surface area contributed by atoms with Gasteiger partial charge in [0.05, 0.1) is 15.8 Å². The van der Waals surface area contributed by atoms with Crippen LogP contribution in [0.2, 0.25) is 10.0 Å². The number of thioether (sulfide) groups is 1. The molecule has 0 saturated carbocycles. The number of amides is 2. The maximum Gasteiger partial charge on any atom is 0.243 e. The second-order valence-corrected chi connectivity index (χ2v) is 10.2. The van der Waals surface area contributed by atoms with Gasteiger partial charge in [0.15, 0.2) is 0 Å². The Bertz CT molecular complexity index is 1120. The quantitative estimate of drug-likeness (QED) is 0.286. The van der Waals surface area contributed by atoms with E-state index in [1.807, 2.05) is 74.5 Å². The first-order valence-corrected chi connectivity index (χ1v) is 13.4. The van der Waals surface area contributed by atoms with Crippen LogP contribution in [0, 0.1) is 6.92 Å². The number of hydrogen-bond donors (Lipinski definition) is 1. The van der Waals surface area contributed by atoms with E-state index < -0.39 is 6.04 Å². The molecule has 0 saturated heterocycles. The summed E-state index contributed by atoms with van der Waals surface area (Å²) in [6.07, 6.45) is 1.23. The number of hydrogen-bond acceptors (Lipinski definition) is 3. The number of carbonyl (C=O) groups excluding carboxylic acids is 2. The minimum absolute atomic E-state index is 0.116. The average molecular weight is 530 g/mol. The lowest BCUT2D eigenvalue weighted by atomic mass is 10.0. The fraction of sp³-hybridized carbons (Fsp3) is 0.286. The van der Waals surface area contributed by atoms with E-state index in [1.165, 1.54) is 11.8 Å². The molecule has 0 aliphatic carbocycles. The monoisotopic (exact) mass is 528 g/mol. The molecular weight excluding hydrogens is 499 g/mol. The summed E-state index contributed by atoms with van der Waals surface area (Å²) in [4.78, 5) is 29.6. The van der Waals surface area contributed by atoms with E-state index in [1.54, 1.807) is 17.0 Å². The Hall–Kier alpha value is -2.47. The van der Waals surface area contributed by atoms with Crippen LogP contribution in [0.1, 0.15) is 30.0 Å². The summed E-state index contributed by atoms with van der Waals surface area (Å²) < 4.78 is 0. The number of nitrogens with one attached hydrogen (secondary N) is 1. The molecule has 35 heavy (non-hydrogen) atoms. The molecule has 0 bridgehead atoms. The predicted molar refractivity (Wildman–Crippen MR) is 146 cm³/mol. The smallest absolute Gasteiger partial charge is 0.243 e. The maximum absolute atomic E-state index is 13.6. The highest BCUT2D eigenvalue weighted by atomic mass is 35.5. The number of nitrogens with zero attached hydrogens (tertiary/aromatic N) is 1. The second-order valence-electron chi connectivity index (χ2n) is 8.37. The zero-order valence-corrected chi connectivity index (χ0v) is 22.3. The van der Waals surface area contributed by atoms with Crippen molar-refractivity contribution in [3.8, 4) is 0 Å². The van der Waals surface area contributed by atoms with Crippen molar-refractivity contribution in [3.63, 3.8) is 0 Å². The van der Waals surface area contributed by atoms with Crippen molar-refractivity contribution in [2.75, 3.05) is 12.3 Å². The van der Waals surface area contributed by atoms with Gasteiger partial charge in [0.1, 0.15) is 6.04 Å². The highest BCUT2D eigenvalue weighted by Gasteiger charge is 2.30. The van der Waals surface area contributed by atoms with Gasteiger partial charge in [-0.2, -0.15) is 0 Å². The molecule has 3 rings (SSSR count). The standard InChI is InChI=1S/C28H30Cl2N2O2S/c1-3-15-31-28(34)26(17-21-7-5-4-6-8-21)32(18-22-11-14-24(29)25(30)16-22)27(33)19-35-23-12-9-20(2)10-13-23/h4-14,16,26H,3,15,17-19H2,1-2H3,(H,31,34)/t26-/m1/s1. The van der Waals surface area contributed by atoms with Crippen LogP contribution in [0.25, 0.3) is 0 Å². The van der Waals surface area contributed by atoms with Gasteiger partial charge in [0, 0.05) is 24.4 Å². The van der Waals surface area contributed by atoms with Gasteiger partial charge in [-0.3, -0.25) is 9.59 Å². The topological polar surface area (TPSA) is 49.4 Å². The molecule has 4 nitrogen and oxygen atoms in total. The molecule has 3 aromatic carbocycles. The summed E-state index contributed by atoms with van der Waals surface area (Å²) in [7, 11) is 0. The van der Waals surface area contributed by atoms with Gasteiger partial charge in [-0.1, -0.05) is 84.2 Å². The first-order valence-electron chi connectivity index (χ1n) is 11.6. The van der Waals surface area contributed by atoms with Crippen molar-refractivity contribution >= 4 is 46.8 Å². The van der Waals surface area contributed by atoms with Crippen LogP contribution < -0.4 is 5.32 Å². The Balaban J connectivity index is 1.90. The Morgan fingerprint density at radius 2 is 1.66 bits per heavy atom. The number of benzene rings is 3. The molecule has 0 unspecified atom stereocenters. The van der Waals surface area contributed by atoms with Crippen molar-refractivity contribution in [2.24, 2.45) is 0 Å². The first kappa shape index (κ1) is 27.1. The Morgan fingerprint density at radius 3 is 2.31 bits per heavy atom. The Labute approximate surface area is 222 Å². The van der Waals surface area contributed by atoms with Crippen LogP contribution in [0.4, 0.5) is 0 Å². The number of rotatable bonds is 11. The first-order chi connectivity index (χ1) is 16.9. The lowest BCUT2D eigenvalue weighted by molar-refractivity contribution is -0.139. The van der Waals surface area contributed by atoms with E-state index in [9.17, 15) is 9.59 Å². The maximum atomic E-state index is 13.6. The van der Waals surface area contributed by atoms with Gasteiger partial charge >= 0.3 is 0 Å². The van der Waals surface area contributed by atoms with E-state index in [-0.39, 0.29) is 24.1 Å². The van der Waals surface area contributed by atoms with Gasteiger partial charge in [-0.25, -0.2) is 0 Å². The van der Waals surface area contributed by atoms with E-state index in [4.69, 9.17) is 23.2 Å². The molecule has 0 radical (unpaired) electrons. The molecule has 0 fully saturated rings. The van der Waals surface area contributed by atoms with Crippen molar-refractivity contribution in [2.45, 2.75) is 44.2 Å². The van der Waals surface area contributed by atoms with Crippen LogP contribution in [0.15, 0.2) is 77.7 Å².